The molecular weight excluding hydrogens is 248 g/mol. The standard InChI is InChI=1S/C17H18N2O/c1-4-12-10(2)11(3)18-16(12)9-14-13-7-5-6-8-15(13)19-17(14)20/h5-9,18H,4H2,1-3H3,(H,19,20)/b14-9+. The molecular formula is C17H18N2O. The maximum Gasteiger partial charge on any atom is 0.256 e. The smallest absolute Gasteiger partial charge is 0.256 e. The third-order valence-corrected chi connectivity index (χ3v) is 4.01. The van der Waals surface area contributed by atoms with E-state index in [9.17, 15) is 4.79 Å². The first kappa shape index (κ1) is 12.7. The zero-order chi connectivity index (χ0) is 14.3. The number of carbonyl (C=O) groups is 1. The molecule has 0 bridgehead atoms. The zero-order valence-electron chi connectivity index (χ0n) is 12.0. The fourth-order valence-electron chi connectivity index (χ4n) is 2.80. The number of aryl methyl sites for hydroxylation is 1. The van der Waals surface area contributed by atoms with E-state index in [4.69, 9.17) is 0 Å². The van der Waals surface area contributed by atoms with Gasteiger partial charge in [-0.05, 0) is 43.5 Å². The van der Waals surface area contributed by atoms with Crippen molar-refractivity contribution in [3.05, 3.63) is 52.3 Å². The number of fused-ring (bicyclic) bond motifs is 1. The van der Waals surface area contributed by atoms with Gasteiger partial charge in [0.25, 0.3) is 5.91 Å². The van der Waals surface area contributed by atoms with Gasteiger partial charge < -0.3 is 10.3 Å². The first-order chi connectivity index (χ1) is 9.61. The number of amides is 1. The Balaban J connectivity index is 2.14. The summed E-state index contributed by atoms with van der Waals surface area (Å²) in [7, 11) is 0. The Morgan fingerprint density at radius 1 is 1.20 bits per heavy atom. The first-order valence-corrected chi connectivity index (χ1v) is 6.92. The lowest BCUT2D eigenvalue weighted by Crippen LogP contribution is -2.03. The van der Waals surface area contributed by atoms with Crippen LogP contribution in [-0.4, -0.2) is 10.9 Å². The van der Waals surface area contributed by atoms with E-state index in [2.05, 4.69) is 31.1 Å². The molecule has 2 heterocycles. The van der Waals surface area contributed by atoms with Gasteiger partial charge in [0, 0.05) is 22.6 Å². The van der Waals surface area contributed by atoms with Crippen molar-refractivity contribution in [2.24, 2.45) is 0 Å². The SMILES string of the molecule is CCc1c(/C=C2/C(=O)Nc3ccccc32)[nH]c(C)c1C. The predicted octanol–water partition coefficient (Wildman–Crippen LogP) is 3.69. The normalized spacial score (nSPS) is 15.6. The molecule has 0 saturated carbocycles. The van der Waals surface area contributed by atoms with E-state index in [1.165, 1.54) is 16.8 Å². The van der Waals surface area contributed by atoms with Crippen LogP contribution in [0.4, 0.5) is 5.69 Å². The summed E-state index contributed by atoms with van der Waals surface area (Å²) in [6.07, 6.45) is 2.93. The second kappa shape index (κ2) is 4.67. The van der Waals surface area contributed by atoms with Crippen molar-refractivity contribution in [2.45, 2.75) is 27.2 Å². The lowest BCUT2D eigenvalue weighted by molar-refractivity contribution is -0.110. The number of aromatic nitrogens is 1. The molecule has 3 heteroatoms. The van der Waals surface area contributed by atoms with Gasteiger partial charge in [-0.1, -0.05) is 25.1 Å². The average Bonchev–Trinajstić information content (AvgIpc) is 2.89. The summed E-state index contributed by atoms with van der Waals surface area (Å²) in [4.78, 5) is 15.5. The molecule has 0 atom stereocenters. The molecule has 1 aliphatic rings. The lowest BCUT2D eigenvalue weighted by Gasteiger charge is -2.00. The summed E-state index contributed by atoms with van der Waals surface area (Å²) in [5.41, 5.74) is 7.38. The van der Waals surface area contributed by atoms with E-state index >= 15 is 0 Å². The lowest BCUT2D eigenvalue weighted by atomic mass is 10.0. The monoisotopic (exact) mass is 266 g/mol. The predicted molar refractivity (Wildman–Crippen MR) is 82.6 cm³/mol. The van der Waals surface area contributed by atoms with Crippen LogP contribution >= 0.6 is 0 Å². The van der Waals surface area contributed by atoms with Crippen LogP contribution in [0.2, 0.25) is 0 Å². The molecule has 2 aromatic rings. The van der Waals surface area contributed by atoms with Crippen LogP contribution in [-0.2, 0) is 11.2 Å². The largest absolute Gasteiger partial charge is 0.359 e. The van der Waals surface area contributed by atoms with Crippen LogP contribution in [0.25, 0.3) is 11.6 Å². The number of rotatable bonds is 2. The number of anilines is 1. The van der Waals surface area contributed by atoms with Crippen molar-refractivity contribution in [2.75, 3.05) is 5.32 Å². The Bertz CT molecular complexity index is 723. The van der Waals surface area contributed by atoms with E-state index in [-0.39, 0.29) is 5.91 Å². The van der Waals surface area contributed by atoms with Crippen molar-refractivity contribution in [3.63, 3.8) is 0 Å². The third-order valence-electron chi connectivity index (χ3n) is 4.01. The molecule has 1 amide bonds. The third kappa shape index (κ3) is 1.86. The maximum absolute atomic E-state index is 12.1. The molecule has 0 spiro atoms. The molecule has 102 valence electrons. The Morgan fingerprint density at radius 3 is 2.70 bits per heavy atom. The summed E-state index contributed by atoms with van der Waals surface area (Å²) >= 11 is 0. The number of nitrogens with one attached hydrogen (secondary N) is 2. The van der Waals surface area contributed by atoms with Crippen molar-refractivity contribution >= 4 is 23.2 Å². The van der Waals surface area contributed by atoms with Crippen LogP contribution in [0.15, 0.2) is 24.3 Å². The Labute approximate surface area is 118 Å². The molecule has 3 rings (SSSR count). The highest BCUT2D eigenvalue weighted by Gasteiger charge is 2.24. The topological polar surface area (TPSA) is 44.9 Å². The summed E-state index contributed by atoms with van der Waals surface area (Å²) in [5, 5.41) is 2.91. The van der Waals surface area contributed by atoms with Crippen LogP contribution in [0.1, 0.15) is 35.0 Å². The van der Waals surface area contributed by atoms with E-state index in [0.717, 1.165) is 28.9 Å². The number of para-hydroxylation sites is 1. The number of hydrogen-bond donors (Lipinski definition) is 2. The molecule has 0 fully saturated rings. The van der Waals surface area contributed by atoms with Crippen LogP contribution in [0.5, 0.6) is 0 Å². The Kier molecular flexibility index (Phi) is 2.97. The van der Waals surface area contributed by atoms with E-state index in [1.54, 1.807) is 0 Å². The highest BCUT2D eigenvalue weighted by Crippen LogP contribution is 2.33. The van der Waals surface area contributed by atoms with E-state index < -0.39 is 0 Å². The Morgan fingerprint density at radius 2 is 1.95 bits per heavy atom. The minimum atomic E-state index is -0.0295. The molecule has 2 N–H and O–H groups in total. The van der Waals surface area contributed by atoms with Gasteiger partial charge in [-0.3, -0.25) is 4.79 Å². The van der Waals surface area contributed by atoms with Gasteiger partial charge >= 0.3 is 0 Å². The van der Waals surface area contributed by atoms with Crippen LogP contribution in [0, 0.1) is 13.8 Å². The molecule has 0 aliphatic carbocycles. The van der Waals surface area contributed by atoms with Crippen molar-refractivity contribution in [3.8, 4) is 0 Å². The molecule has 20 heavy (non-hydrogen) atoms. The molecule has 1 aromatic heterocycles. The number of H-pyrrole nitrogens is 1. The van der Waals surface area contributed by atoms with Crippen molar-refractivity contribution < 1.29 is 4.79 Å². The number of aromatic amines is 1. The van der Waals surface area contributed by atoms with Gasteiger partial charge in [0.2, 0.25) is 0 Å². The summed E-state index contributed by atoms with van der Waals surface area (Å²) < 4.78 is 0. The maximum atomic E-state index is 12.1. The molecule has 0 radical (unpaired) electrons. The molecule has 0 saturated heterocycles. The van der Waals surface area contributed by atoms with Crippen LogP contribution < -0.4 is 5.32 Å². The highest BCUT2D eigenvalue weighted by atomic mass is 16.2. The summed E-state index contributed by atoms with van der Waals surface area (Å²) in [6, 6.07) is 7.80. The van der Waals surface area contributed by atoms with Gasteiger partial charge in [-0.15, -0.1) is 0 Å². The summed E-state index contributed by atoms with van der Waals surface area (Å²) in [5.74, 6) is -0.0295. The van der Waals surface area contributed by atoms with Crippen molar-refractivity contribution in [1.82, 2.24) is 4.98 Å². The molecule has 0 unspecified atom stereocenters. The van der Waals surface area contributed by atoms with E-state index in [0.29, 0.717) is 0 Å². The fraction of sp³-hybridized carbons (Fsp3) is 0.235. The highest BCUT2D eigenvalue weighted by molar-refractivity contribution is 6.34. The van der Waals surface area contributed by atoms with Gasteiger partial charge in [0.1, 0.15) is 0 Å². The second-order valence-electron chi connectivity index (χ2n) is 5.18. The first-order valence-electron chi connectivity index (χ1n) is 6.92. The average molecular weight is 266 g/mol. The minimum absolute atomic E-state index is 0.0295. The molecule has 1 aromatic carbocycles. The van der Waals surface area contributed by atoms with E-state index in [1.807, 2.05) is 30.3 Å². The Hall–Kier alpha value is -2.29. The number of hydrogen-bond acceptors (Lipinski definition) is 1. The van der Waals surface area contributed by atoms with Gasteiger partial charge in [0.05, 0.1) is 5.57 Å². The van der Waals surface area contributed by atoms with Gasteiger partial charge in [-0.2, -0.15) is 0 Å². The second-order valence-corrected chi connectivity index (χ2v) is 5.18. The molecule has 3 nitrogen and oxygen atoms in total. The minimum Gasteiger partial charge on any atom is -0.359 e. The zero-order valence-corrected chi connectivity index (χ0v) is 12.0. The van der Waals surface area contributed by atoms with Gasteiger partial charge in [-0.25, -0.2) is 0 Å². The van der Waals surface area contributed by atoms with Crippen LogP contribution in [0.3, 0.4) is 0 Å². The number of benzene rings is 1. The fourth-order valence-corrected chi connectivity index (χ4v) is 2.80. The van der Waals surface area contributed by atoms with Crippen molar-refractivity contribution in [1.29, 1.82) is 0 Å². The van der Waals surface area contributed by atoms with Gasteiger partial charge in [0.15, 0.2) is 0 Å². The quantitative estimate of drug-likeness (QED) is 0.800. The summed E-state index contributed by atoms with van der Waals surface area (Å²) in [6.45, 7) is 6.33. The molecule has 1 aliphatic heterocycles. The number of carbonyl (C=O) groups excluding carboxylic acids is 1.